The van der Waals surface area contributed by atoms with Gasteiger partial charge in [-0.3, -0.25) is 4.68 Å². The van der Waals surface area contributed by atoms with Crippen LogP contribution in [0.4, 0.5) is 0 Å². The highest BCUT2D eigenvalue weighted by atomic mass is 35.5. The van der Waals surface area contributed by atoms with E-state index in [9.17, 15) is 5.11 Å². The van der Waals surface area contributed by atoms with Crippen molar-refractivity contribution in [3.63, 3.8) is 0 Å². The van der Waals surface area contributed by atoms with E-state index in [1.807, 2.05) is 13.8 Å². The number of methoxy groups -OCH3 is 1. The number of hydrogen-bond donors (Lipinski definition) is 1. The predicted octanol–water partition coefficient (Wildman–Crippen LogP) is 3.80. The number of aliphatic hydroxyl groups excluding tert-OH is 1. The van der Waals surface area contributed by atoms with Crippen LogP contribution < -0.4 is 4.74 Å². The molecule has 114 valence electrons. The van der Waals surface area contributed by atoms with Crippen LogP contribution >= 0.6 is 23.2 Å². The molecule has 0 amide bonds. The summed E-state index contributed by atoms with van der Waals surface area (Å²) >= 11 is 12.3. The molecule has 0 saturated heterocycles. The summed E-state index contributed by atoms with van der Waals surface area (Å²) in [5.41, 5.74) is 2.22. The molecule has 1 heterocycles. The van der Waals surface area contributed by atoms with Crippen LogP contribution in [-0.4, -0.2) is 22.0 Å². The van der Waals surface area contributed by atoms with Gasteiger partial charge in [-0.15, -0.1) is 0 Å². The van der Waals surface area contributed by atoms with Crippen LogP contribution in [0.2, 0.25) is 10.0 Å². The molecule has 0 aliphatic heterocycles. The average molecular weight is 329 g/mol. The lowest BCUT2D eigenvalue weighted by Crippen LogP contribution is -2.10. The molecule has 0 bridgehead atoms. The Bertz CT molecular complexity index is 641. The molecule has 0 radical (unpaired) electrons. The fourth-order valence-corrected chi connectivity index (χ4v) is 2.72. The molecule has 4 nitrogen and oxygen atoms in total. The van der Waals surface area contributed by atoms with Crippen LogP contribution in [0.25, 0.3) is 0 Å². The molecule has 21 heavy (non-hydrogen) atoms. The van der Waals surface area contributed by atoms with E-state index >= 15 is 0 Å². The van der Waals surface area contributed by atoms with Crippen LogP contribution in [0, 0.1) is 6.92 Å². The van der Waals surface area contributed by atoms with Gasteiger partial charge in [0.2, 0.25) is 0 Å². The van der Waals surface area contributed by atoms with Gasteiger partial charge >= 0.3 is 0 Å². The van der Waals surface area contributed by atoms with Crippen LogP contribution in [-0.2, 0) is 13.0 Å². The van der Waals surface area contributed by atoms with Crippen molar-refractivity contribution in [3.8, 4) is 5.75 Å². The van der Waals surface area contributed by atoms with Gasteiger partial charge in [0.15, 0.2) is 0 Å². The average Bonchev–Trinajstić information content (AvgIpc) is 2.74. The van der Waals surface area contributed by atoms with Gasteiger partial charge in [0.25, 0.3) is 0 Å². The molecule has 0 saturated carbocycles. The first-order valence-electron chi connectivity index (χ1n) is 6.71. The number of rotatable bonds is 5. The van der Waals surface area contributed by atoms with Crippen molar-refractivity contribution >= 4 is 23.2 Å². The Balaban J connectivity index is 2.34. The van der Waals surface area contributed by atoms with E-state index in [0.717, 1.165) is 11.4 Å². The predicted molar refractivity (Wildman–Crippen MR) is 84.3 cm³/mol. The first kappa shape index (κ1) is 16.1. The Kier molecular flexibility index (Phi) is 5.14. The summed E-state index contributed by atoms with van der Waals surface area (Å²) in [6, 6.07) is 5.17. The number of aliphatic hydroxyl groups is 1. The number of aryl methyl sites for hydroxylation is 2. The van der Waals surface area contributed by atoms with E-state index in [1.54, 1.807) is 30.0 Å². The zero-order chi connectivity index (χ0) is 15.6. The minimum atomic E-state index is -0.766. The quantitative estimate of drug-likeness (QED) is 0.907. The topological polar surface area (TPSA) is 47.3 Å². The molecule has 1 unspecified atom stereocenters. The van der Waals surface area contributed by atoms with Crippen molar-refractivity contribution in [2.75, 3.05) is 7.11 Å². The summed E-state index contributed by atoms with van der Waals surface area (Å²) in [7, 11) is 1.56. The van der Waals surface area contributed by atoms with Crippen molar-refractivity contribution < 1.29 is 9.84 Å². The Morgan fingerprint density at radius 3 is 2.71 bits per heavy atom. The summed E-state index contributed by atoms with van der Waals surface area (Å²) in [4.78, 5) is 0. The molecule has 0 aliphatic rings. The Morgan fingerprint density at radius 1 is 1.38 bits per heavy atom. The van der Waals surface area contributed by atoms with Crippen molar-refractivity contribution in [1.82, 2.24) is 9.78 Å². The highest BCUT2D eigenvalue weighted by Crippen LogP contribution is 2.32. The Labute approximate surface area is 134 Å². The first-order chi connectivity index (χ1) is 9.97. The molecule has 0 aliphatic carbocycles. The van der Waals surface area contributed by atoms with Gasteiger partial charge in [0.1, 0.15) is 5.75 Å². The maximum absolute atomic E-state index is 10.5. The highest BCUT2D eigenvalue weighted by Gasteiger charge is 2.20. The summed E-state index contributed by atoms with van der Waals surface area (Å²) in [5.74, 6) is 0.599. The molecule has 0 fully saturated rings. The molecule has 0 spiro atoms. The molecular weight excluding hydrogens is 311 g/mol. The molecule has 6 heteroatoms. The lowest BCUT2D eigenvalue weighted by molar-refractivity contribution is 0.171. The lowest BCUT2D eigenvalue weighted by atomic mass is 10.0. The second-order valence-electron chi connectivity index (χ2n) is 4.77. The third-order valence-electron chi connectivity index (χ3n) is 3.39. The highest BCUT2D eigenvalue weighted by molar-refractivity contribution is 6.32. The second kappa shape index (κ2) is 6.69. The van der Waals surface area contributed by atoms with Gasteiger partial charge in [0, 0.05) is 23.6 Å². The molecular formula is C15H18Cl2N2O2. The van der Waals surface area contributed by atoms with Crippen molar-refractivity contribution in [2.45, 2.75) is 32.9 Å². The van der Waals surface area contributed by atoms with E-state index in [0.29, 0.717) is 34.3 Å². The van der Waals surface area contributed by atoms with E-state index < -0.39 is 6.10 Å². The van der Waals surface area contributed by atoms with Crippen LogP contribution in [0.1, 0.15) is 30.0 Å². The molecule has 1 aromatic carbocycles. The summed E-state index contributed by atoms with van der Waals surface area (Å²) in [5, 5.41) is 16.0. The fraction of sp³-hybridized carbons (Fsp3) is 0.400. The first-order valence-corrected chi connectivity index (χ1v) is 7.46. The normalized spacial score (nSPS) is 12.5. The maximum atomic E-state index is 10.5. The number of ether oxygens (including phenoxy) is 1. The Morgan fingerprint density at radius 2 is 2.10 bits per heavy atom. The van der Waals surface area contributed by atoms with E-state index in [-0.39, 0.29) is 0 Å². The molecule has 1 aromatic heterocycles. The van der Waals surface area contributed by atoms with E-state index in [2.05, 4.69) is 5.10 Å². The van der Waals surface area contributed by atoms with Gasteiger partial charge in [0.05, 0.1) is 29.6 Å². The number of hydrogen-bond acceptors (Lipinski definition) is 3. The van der Waals surface area contributed by atoms with Gasteiger partial charge in [-0.2, -0.15) is 5.10 Å². The number of halogens is 2. The van der Waals surface area contributed by atoms with Crippen LogP contribution in [0.3, 0.4) is 0 Å². The van der Waals surface area contributed by atoms with Crippen LogP contribution in [0.15, 0.2) is 18.2 Å². The largest absolute Gasteiger partial charge is 0.496 e. The molecule has 2 aromatic rings. The standard InChI is InChI=1S/C15H18Cl2N2O2/c1-4-19-12(15(17)9(2)18-19)8-13(20)11-7-10(16)5-6-14(11)21-3/h5-7,13,20H,4,8H2,1-3H3. The zero-order valence-electron chi connectivity index (χ0n) is 12.2. The second-order valence-corrected chi connectivity index (χ2v) is 5.58. The maximum Gasteiger partial charge on any atom is 0.124 e. The number of nitrogens with zero attached hydrogens (tertiary/aromatic N) is 2. The third-order valence-corrected chi connectivity index (χ3v) is 4.12. The number of aromatic nitrogens is 2. The molecule has 1 N–H and O–H groups in total. The van der Waals surface area contributed by atoms with E-state index in [1.165, 1.54) is 0 Å². The zero-order valence-corrected chi connectivity index (χ0v) is 13.7. The van der Waals surface area contributed by atoms with Gasteiger partial charge in [-0.1, -0.05) is 23.2 Å². The Hall–Kier alpha value is -1.23. The summed E-state index contributed by atoms with van der Waals surface area (Å²) in [6.45, 7) is 4.53. The lowest BCUT2D eigenvalue weighted by Gasteiger charge is -2.16. The molecule has 2 rings (SSSR count). The number of benzene rings is 1. The van der Waals surface area contributed by atoms with Gasteiger partial charge < -0.3 is 9.84 Å². The van der Waals surface area contributed by atoms with Crippen molar-refractivity contribution in [1.29, 1.82) is 0 Å². The SMILES string of the molecule is CCn1nc(C)c(Cl)c1CC(O)c1cc(Cl)ccc1OC. The summed E-state index contributed by atoms with van der Waals surface area (Å²) < 4.78 is 7.08. The van der Waals surface area contributed by atoms with Crippen molar-refractivity contribution in [3.05, 3.63) is 45.2 Å². The third kappa shape index (κ3) is 3.34. The molecule has 1 atom stereocenters. The van der Waals surface area contributed by atoms with Crippen LogP contribution in [0.5, 0.6) is 5.75 Å². The van der Waals surface area contributed by atoms with Gasteiger partial charge in [-0.25, -0.2) is 0 Å². The smallest absolute Gasteiger partial charge is 0.124 e. The van der Waals surface area contributed by atoms with Gasteiger partial charge in [-0.05, 0) is 32.0 Å². The fourth-order valence-electron chi connectivity index (χ4n) is 2.32. The minimum Gasteiger partial charge on any atom is -0.496 e. The van der Waals surface area contributed by atoms with E-state index in [4.69, 9.17) is 27.9 Å². The monoisotopic (exact) mass is 328 g/mol. The minimum absolute atomic E-state index is 0.351. The summed E-state index contributed by atoms with van der Waals surface area (Å²) in [6.07, 6.45) is -0.415. The van der Waals surface area contributed by atoms with Crippen molar-refractivity contribution in [2.24, 2.45) is 0 Å².